The van der Waals surface area contributed by atoms with Gasteiger partial charge in [-0.2, -0.15) is 0 Å². The summed E-state index contributed by atoms with van der Waals surface area (Å²) in [7, 11) is 0. The number of nitrogens with zero attached hydrogens (tertiary/aromatic N) is 4. The SMILES string of the molecule is Cc1occc1-c1nnc(Sc2ccc([N+](=O)[O-])cc2Cl)n1N. The summed E-state index contributed by atoms with van der Waals surface area (Å²) < 4.78 is 6.55. The number of aromatic nitrogens is 3. The van der Waals surface area contributed by atoms with Gasteiger partial charge in [0.1, 0.15) is 5.76 Å². The fraction of sp³-hybridized carbons (Fsp3) is 0.0769. The third-order valence-corrected chi connectivity index (χ3v) is 4.55. The highest BCUT2D eigenvalue weighted by atomic mass is 35.5. The highest BCUT2D eigenvalue weighted by Crippen LogP contribution is 2.35. The molecule has 2 N–H and O–H groups in total. The van der Waals surface area contributed by atoms with E-state index >= 15 is 0 Å². The van der Waals surface area contributed by atoms with Crippen LogP contribution in [0.1, 0.15) is 5.76 Å². The molecule has 0 spiro atoms. The Morgan fingerprint density at radius 3 is 2.78 bits per heavy atom. The lowest BCUT2D eigenvalue weighted by Crippen LogP contribution is -2.11. The van der Waals surface area contributed by atoms with Gasteiger partial charge in [-0.25, -0.2) is 4.68 Å². The molecule has 23 heavy (non-hydrogen) atoms. The Balaban J connectivity index is 1.91. The maximum atomic E-state index is 10.7. The normalized spacial score (nSPS) is 10.9. The standard InChI is InChI=1S/C13H10ClN5O3S/c1-7-9(4-5-22-7)12-16-17-13(18(12)15)23-11-3-2-8(19(20)21)6-10(11)14/h2-6H,15H2,1H3. The van der Waals surface area contributed by atoms with Gasteiger partial charge in [-0.15, -0.1) is 10.2 Å². The third-order valence-electron chi connectivity index (χ3n) is 3.09. The maximum absolute atomic E-state index is 10.7. The zero-order chi connectivity index (χ0) is 16.6. The zero-order valence-electron chi connectivity index (χ0n) is 11.8. The Morgan fingerprint density at radius 1 is 1.39 bits per heavy atom. The molecule has 0 saturated carbocycles. The molecule has 1 aromatic carbocycles. The van der Waals surface area contributed by atoms with E-state index in [1.807, 2.05) is 0 Å². The van der Waals surface area contributed by atoms with Gasteiger partial charge in [0.2, 0.25) is 5.16 Å². The lowest BCUT2D eigenvalue weighted by Gasteiger charge is -2.04. The quantitative estimate of drug-likeness (QED) is 0.436. The van der Waals surface area contributed by atoms with Crippen molar-refractivity contribution in [1.29, 1.82) is 0 Å². The largest absolute Gasteiger partial charge is 0.469 e. The molecule has 0 fully saturated rings. The van der Waals surface area contributed by atoms with E-state index in [1.165, 1.54) is 16.8 Å². The Hall–Kier alpha value is -2.52. The van der Waals surface area contributed by atoms with Crippen LogP contribution in [0, 0.1) is 17.0 Å². The number of aryl methyl sites for hydroxylation is 1. The fourth-order valence-corrected chi connectivity index (χ4v) is 2.98. The van der Waals surface area contributed by atoms with E-state index in [0.29, 0.717) is 21.6 Å². The summed E-state index contributed by atoms with van der Waals surface area (Å²) in [6.45, 7) is 1.80. The third kappa shape index (κ3) is 2.88. The van der Waals surface area contributed by atoms with E-state index < -0.39 is 4.92 Å². The first-order valence-electron chi connectivity index (χ1n) is 6.34. The first-order valence-corrected chi connectivity index (χ1v) is 7.53. The molecule has 2 heterocycles. The van der Waals surface area contributed by atoms with Crippen LogP contribution < -0.4 is 5.84 Å². The van der Waals surface area contributed by atoms with Crippen molar-refractivity contribution in [1.82, 2.24) is 14.9 Å². The predicted octanol–water partition coefficient (Wildman–Crippen LogP) is 3.27. The Morgan fingerprint density at radius 2 is 2.17 bits per heavy atom. The minimum Gasteiger partial charge on any atom is -0.469 e. The lowest BCUT2D eigenvalue weighted by atomic mass is 10.2. The van der Waals surface area contributed by atoms with Crippen molar-refractivity contribution in [3.8, 4) is 11.4 Å². The number of rotatable bonds is 4. The number of hydrogen-bond acceptors (Lipinski definition) is 7. The van der Waals surface area contributed by atoms with Crippen LogP contribution in [0.2, 0.25) is 5.02 Å². The lowest BCUT2D eigenvalue weighted by molar-refractivity contribution is -0.384. The number of hydrogen-bond donors (Lipinski definition) is 1. The van der Waals surface area contributed by atoms with E-state index in [-0.39, 0.29) is 10.7 Å². The summed E-state index contributed by atoms with van der Waals surface area (Å²) in [5, 5.41) is 19.4. The molecule has 0 bridgehead atoms. The molecule has 118 valence electrons. The highest BCUT2D eigenvalue weighted by Gasteiger charge is 2.18. The first kappa shape index (κ1) is 15.4. The monoisotopic (exact) mass is 351 g/mol. The van der Waals surface area contributed by atoms with E-state index in [0.717, 1.165) is 17.3 Å². The minimum absolute atomic E-state index is 0.0803. The average Bonchev–Trinajstić information content (AvgIpc) is 3.07. The van der Waals surface area contributed by atoms with Crippen LogP contribution in [0.3, 0.4) is 0 Å². The molecule has 8 nitrogen and oxygen atoms in total. The summed E-state index contributed by atoms with van der Waals surface area (Å²) >= 11 is 7.23. The molecule has 0 saturated heterocycles. The topological polar surface area (TPSA) is 113 Å². The van der Waals surface area contributed by atoms with Crippen molar-refractivity contribution in [2.45, 2.75) is 17.0 Å². The van der Waals surface area contributed by atoms with Gasteiger partial charge in [-0.05, 0) is 30.8 Å². The predicted molar refractivity (Wildman–Crippen MR) is 84.8 cm³/mol. The van der Waals surface area contributed by atoms with Crippen molar-refractivity contribution < 1.29 is 9.34 Å². The van der Waals surface area contributed by atoms with E-state index in [9.17, 15) is 10.1 Å². The van der Waals surface area contributed by atoms with Gasteiger partial charge in [-0.1, -0.05) is 11.6 Å². The van der Waals surface area contributed by atoms with Gasteiger partial charge < -0.3 is 10.3 Å². The van der Waals surface area contributed by atoms with Crippen molar-refractivity contribution >= 4 is 29.1 Å². The molecule has 3 rings (SSSR count). The van der Waals surface area contributed by atoms with Crippen molar-refractivity contribution in [3.63, 3.8) is 0 Å². The van der Waals surface area contributed by atoms with Gasteiger partial charge in [0.15, 0.2) is 5.82 Å². The molecular formula is C13H10ClN5O3S. The number of nitrogens with two attached hydrogens (primary N) is 1. The van der Waals surface area contributed by atoms with Gasteiger partial charge in [0.25, 0.3) is 5.69 Å². The van der Waals surface area contributed by atoms with Crippen LogP contribution in [-0.4, -0.2) is 19.8 Å². The molecule has 10 heteroatoms. The summed E-state index contributed by atoms with van der Waals surface area (Å²) in [5.74, 6) is 7.15. The van der Waals surface area contributed by atoms with Crippen LogP contribution >= 0.6 is 23.4 Å². The number of nitrogen functional groups attached to an aromatic ring is 1. The average molecular weight is 352 g/mol. The Bertz CT molecular complexity index is 892. The van der Waals surface area contributed by atoms with Crippen LogP contribution in [-0.2, 0) is 0 Å². The second-order valence-electron chi connectivity index (χ2n) is 4.54. The van der Waals surface area contributed by atoms with E-state index in [1.54, 1.807) is 25.3 Å². The molecule has 2 aromatic heterocycles. The molecule has 0 aliphatic carbocycles. The van der Waals surface area contributed by atoms with Crippen molar-refractivity contribution in [2.24, 2.45) is 0 Å². The first-order chi connectivity index (χ1) is 11.0. The van der Waals surface area contributed by atoms with E-state index in [4.69, 9.17) is 21.9 Å². The highest BCUT2D eigenvalue weighted by molar-refractivity contribution is 7.99. The number of halogens is 1. The number of benzene rings is 1. The number of non-ortho nitro benzene ring substituents is 1. The summed E-state index contributed by atoms with van der Waals surface area (Å²) in [6.07, 6.45) is 1.54. The van der Waals surface area contributed by atoms with E-state index in [2.05, 4.69) is 10.2 Å². The van der Waals surface area contributed by atoms with Gasteiger partial charge in [-0.3, -0.25) is 10.1 Å². The molecule has 0 atom stereocenters. The molecule has 0 aliphatic heterocycles. The number of nitro benzene ring substituents is 1. The molecule has 0 unspecified atom stereocenters. The molecule has 0 amide bonds. The second-order valence-corrected chi connectivity index (χ2v) is 5.96. The summed E-state index contributed by atoms with van der Waals surface area (Å²) in [6, 6.07) is 5.94. The molecule has 3 aromatic rings. The molecule has 0 aliphatic rings. The Labute approximate surface area is 139 Å². The Kier molecular flexibility index (Phi) is 3.97. The van der Waals surface area contributed by atoms with Gasteiger partial charge >= 0.3 is 0 Å². The van der Waals surface area contributed by atoms with Crippen molar-refractivity contribution in [2.75, 3.05) is 5.84 Å². The van der Waals surface area contributed by atoms with Crippen LogP contribution in [0.15, 0.2) is 45.0 Å². The minimum atomic E-state index is -0.508. The smallest absolute Gasteiger partial charge is 0.270 e. The van der Waals surface area contributed by atoms with Crippen LogP contribution in [0.4, 0.5) is 5.69 Å². The maximum Gasteiger partial charge on any atom is 0.270 e. The van der Waals surface area contributed by atoms with Crippen LogP contribution in [0.25, 0.3) is 11.4 Å². The second kappa shape index (κ2) is 5.94. The van der Waals surface area contributed by atoms with Crippen LogP contribution in [0.5, 0.6) is 0 Å². The van der Waals surface area contributed by atoms with Gasteiger partial charge in [0.05, 0.1) is 21.8 Å². The molecule has 0 radical (unpaired) electrons. The zero-order valence-corrected chi connectivity index (χ0v) is 13.3. The number of furan rings is 1. The molecular weight excluding hydrogens is 342 g/mol. The van der Waals surface area contributed by atoms with Gasteiger partial charge in [0, 0.05) is 17.0 Å². The van der Waals surface area contributed by atoms with Crippen molar-refractivity contribution in [3.05, 3.63) is 51.4 Å². The summed E-state index contributed by atoms with van der Waals surface area (Å²) in [5.41, 5.74) is 0.657. The fourth-order valence-electron chi connectivity index (χ4n) is 1.93. The number of nitro groups is 1. The summed E-state index contributed by atoms with van der Waals surface area (Å²) in [4.78, 5) is 10.8.